The van der Waals surface area contributed by atoms with Crippen LogP contribution in [-0.4, -0.2) is 41.6 Å². The molecule has 2 heterocycles. The number of urea groups is 1. The van der Waals surface area contributed by atoms with Gasteiger partial charge in [-0.1, -0.05) is 12.8 Å². The second kappa shape index (κ2) is 4.53. The van der Waals surface area contributed by atoms with Crippen LogP contribution in [0.1, 0.15) is 44.9 Å². The summed E-state index contributed by atoms with van der Waals surface area (Å²) in [5.41, 5.74) is -0.578. The van der Waals surface area contributed by atoms with Crippen molar-refractivity contribution in [3.05, 3.63) is 0 Å². The molecule has 1 saturated carbocycles. The maximum Gasteiger partial charge on any atom is 0.325 e. The topological polar surface area (TPSA) is 58.6 Å². The van der Waals surface area contributed by atoms with Crippen LogP contribution in [0.2, 0.25) is 0 Å². The Morgan fingerprint density at radius 1 is 1.22 bits per heavy atom. The Labute approximate surface area is 107 Å². The van der Waals surface area contributed by atoms with Crippen molar-refractivity contribution in [2.24, 2.45) is 0 Å². The van der Waals surface area contributed by atoms with E-state index in [1.54, 1.807) is 0 Å². The molecular formula is C13H20N2O3. The van der Waals surface area contributed by atoms with Crippen molar-refractivity contribution in [1.82, 2.24) is 10.2 Å². The lowest BCUT2D eigenvalue weighted by molar-refractivity contribution is -0.132. The number of amides is 3. The van der Waals surface area contributed by atoms with Crippen molar-refractivity contribution >= 4 is 11.9 Å². The van der Waals surface area contributed by atoms with Gasteiger partial charge in [0.15, 0.2) is 0 Å². The van der Waals surface area contributed by atoms with Crippen LogP contribution in [0.5, 0.6) is 0 Å². The summed E-state index contributed by atoms with van der Waals surface area (Å²) in [6, 6.07) is -0.226. The van der Waals surface area contributed by atoms with Gasteiger partial charge in [0.1, 0.15) is 5.54 Å². The van der Waals surface area contributed by atoms with E-state index in [-0.39, 0.29) is 18.0 Å². The molecule has 1 unspecified atom stereocenters. The van der Waals surface area contributed by atoms with E-state index >= 15 is 0 Å². The Morgan fingerprint density at radius 2 is 2.00 bits per heavy atom. The predicted octanol–water partition coefficient (Wildman–Crippen LogP) is 1.42. The summed E-state index contributed by atoms with van der Waals surface area (Å²) in [5.74, 6) is -0.0285. The molecule has 0 aromatic rings. The van der Waals surface area contributed by atoms with E-state index in [1.165, 1.54) is 4.90 Å². The minimum Gasteiger partial charge on any atom is -0.376 e. The zero-order chi connectivity index (χ0) is 12.6. The third kappa shape index (κ3) is 1.90. The molecule has 3 aliphatic rings. The lowest BCUT2D eigenvalue weighted by Crippen LogP contribution is -2.45. The van der Waals surface area contributed by atoms with Gasteiger partial charge in [-0.25, -0.2) is 4.79 Å². The second-order valence-electron chi connectivity index (χ2n) is 5.62. The zero-order valence-electron chi connectivity index (χ0n) is 10.6. The molecule has 1 N–H and O–H groups in total. The summed E-state index contributed by atoms with van der Waals surface area (Å²) in [7, 11) is 0. The first kappa shape index (κ1) is 12.0. The standard InChI is InChI=1S/C13H20N2O3/c16-11-13(6-2-3-7-13)14-12(17)15(11)9-10-5-1-4-8-18-10/h10H,1-9H2,(H,14,17). The van der Waals surface area contributed by atoms with Crippen LogP contribution in [0.3, 0.4) is 0 Å². The van der Waals surface area contributed by atoms with Crippen molar-refractivity contribution in [2.45, 2.75) is 56.6 Å². The van der Waals surface area contributed by atoms with Gasteiger partial charge < -0.3 is 10.1 Å². The number of rotatable bonds is 2. The number of nitrogens with one attached hydrogen (secondary N) is 1. The summed E-state index contributed by atoms with van der Waals surface area (Å²) in [6.45, 7) is 1.17. The predicted molar refractivity (Wildman–Crippen MR) is 65.0 cm³/mol. The third-order valence-electron chi connectivity index (χ3n) is 4.36. The summed E-state index contributed by atoms with van der Waals surface area (Å²) in [6.07, 6.45) is 6.83. The number of carbonyl (C=O) groups is 2. The molecule has 3 rings (SSSR count). The highest BCUT2D eigenvalue weighted by Gasteiger charge is 2.52. The number of hydrogen-bond acceptors (Lipinski definition) is 3. The van der Waals surface area contributed by atoms with E-state index in [2.05, 4.69) is 5.32 Å². The lowest BCUT2D eigenvalue weighted by atomic mass is 9.98. The van der Waals surface area contributed by atoms with Crippen LogP contribution in [0.15, 0.2) is 0 Å². The van der Waals surface area contributed by atoms with Gasteiger partial charge >= 0.3 is 6.03 Å². The van der Waals surface area contributed by atoms with Gasteiger partial charge in [0.25, 0.3) is 5.91 Å². The van der Waals surface area contributed by atoms with E-state index in [0.29, 0.717) is 6.54 Å². The number of imide groups is 1. The van der Waals surface area contributed by atoms with Gasteiger partial charge in [0, 0.05) is 6.61 Å². The Hall–Kier alpha value is -1.10. The molecule has 18 heavy (non-hydrogen) atoms. The fourth-order valence-corrected chi connectivity index (χ4v) is 3.31. The van der Waals surface area contributed by atoms with Crippen LogP contribution >= 0.6 is 0 Å². The van der Waals surface area contributed by atoms with Crippen LogP contribution in [0, 0.1) is 0 Å². The molecule has 1 aliphatic carbocycles. The van der Waals surface area contributed by atoms with Gasteiger partial charge in [-0.05, 0) is 32.1 Å². The molecule has 0 aromatic heterocycles. The number of carbonyl (C=O) groups excluding carboxylic acids is 2. The molecule has 100 valence electrons. The molecule has 1 atom stereocenters. The Balaban J connectivity index is 1.68. The normalized spacial score (nSPS) is 31.1. The fraction of sp³-hybridized carbons (Fsp3) is 0.846. The van der Waals surface area contributed by atoms with Crippen LogP contribution in [-0.2, 0) is 9.53 Å². The summed E-state index contributed by atoms with van der Waals surface area (Å²) < 4.78 is 5.61. The molecule has 0 bridgehead atoms. The molecule has 0 radical (unpaired) electrons. The molecular weight excluding hydrogens is 232 g/mol. The molecule has 3 amide bonds. The van der Waals surface area contributed by atoms with Crippen LogP contribution in [0.4, 0.5) is 4.79 Å². The molecule has 1 spiro atoms. The molecule has 0 aromatic carbocycles. The van der Waals surface area contributed by atoms with Crippen LogP contribution in [0.25, 0.3) is 0 Å². The van der Waals surface area contributed by atoms with Crippen molar-refractivity contribution in [2.75, 3.05) is 13.2 Å². The largest absolute Gasteiger partial charge is 0.376 e. The quantitative estimate of drug-likeness (QED) is 0.756. The highest BCUT2D eigenvalue weighted by molar-refractivity contribution is 6.07. The minimum atomic E-state index is -0.578. The summed E-state index contributed by atoms with van der Waals surface area (Å²) in [4.78, 5) is 25.7. The highest BCUT2D eigenvalue weighted by Crippen LogP contribution is 2.35. The lowest BCUT2D eigenvalue weighted by Gasteiger charge is -2.26. The van der Waals surface area contributed by atoms with E-state index in [0.717, 1.165) is 51.6 Å². The van der Waals surface area contributed by atoms with Crippen LogP contribution < -0.4 is 5.32 Å². The Morgan fingerprint density at radius 3 is 2.67 bits per heavy atom. The smallest absolute Gasteiger partial charge is 0.325 e. The maximum absolute atomic E-state index is 12.4. The number of hydrogen-bond donors (Lipinski definition) is 1. The summed E-state index contributed by atoms with van der Waals surface area (Å²) in [5, 5.41) is 2.90. The maximum atomic E-state index is 12.4. The molecule has 2 saturated heterocycles. The first-order chi connectivity index (χ1) is 8.71. The van der Waals surface area contributed by atoms with E-state index in [4.69, 9.17) is 4.74 Å². The minimum absolute atomic E-state index is 0.0285. The third-order valence-corrected chi connectivity index (χ3v) is 4.36. The molecule has 5 heteroatoms. The van der Waals surface area contributed by atoms with Gasteiger partial charge in [-0.2, -0.15) is 0 Å². The highest BCUT2D eigenvalue weighted by atomic mass is 16.5. The average molecular weight is 252 g/mol. The van der Waals surface area contributed by atoms with E-state index < -0.39 is 5.54 Å². The van der Waals surface area contributed by atoms with Crippen molar-refractivity contribution in [3.63, 3.8) is 0 Å². The van der Waals surface area contributed by atoms with Crippen molar-refractivity contribution < 1.29 is 14.3 Å². The van der Waals surface area contributed by atoms with Gasteiger partial charge in [0.2, 0.25) is 0 Å². The summed E-state index contributed by atoms with van der Waals surface area (Å²) >= 11 is 0. The Bertz CT molecular complexity index is 357. The molecule has 3 fully saturated rings. The monoisotopic (exact) mass is 252 g/mol. The first-order valence-corrected chi connectivity index (χ1v) is 6.97. The molecule has 5 nitrogen and oxygen atoms in total. The second-order valence-corrected chi connectivity index (χ2v) is 5.62. The van der Waals surface area contributed by atoms with E-state index in [1.807, 2.05) is 0 Å². The van der Waals surface area contributed by atoms with Crippen molar-refractivity contribution in [3.8, 4) is 0 Å². The SMILES string of the molecule is O=C1NC2(CCCC2)C(=O)N1CC1CCCCO1. The van der Waals surface area contributed by atoms with E-state index in [9.17, 15) is 9.59 Å². The van der Waals surface area contributed by atoms with Crippen molar-refractivity contribution in [1.29, 1.82) is 0 Å². The first-order valence-electron chi connectivity index (χ1n) is 6.97. The molecule has 2 aliphatic heterocycles. The number of ether oxygens (including phenoxy) is 1. The number of nitrogens with zero attached hydrogens (tertiary/aromatic N) is 1. The fourth-order valence-electron chi connectivity index (χ4n) is 3.31. The van der Waals surface area contributed by atoms with Gasteiger partial charge in [0.05, 0.1) is 12.6 Å². The Kier molecular flexibility index (Phi) is 3.01. The van der Waals surface area contributed by atoms with Gasteiger partial charge in [-0.3, -0.25) is 9.69 Å². The average Bonchev–Trinajstić information content (AvgIpc) is 2.93. The zero-order valence-corrected chi connectivity index (χ0v) is 10.6. The van der Waals surface area contributed by atoms with Gasteiger partial charge in [-0.15, -0.1) is 0 Å².